The van der Waals surface area contributed by atoms with Crippen LogP contribution >= 0.6 is 0 Å². The molecule has 0 saturated carbocycles. The van der Waals surface area contributed by atoms with Crippen molar-refractivity contribution in [2.75, 3.05) is 39.9 Å². The van der Waals surface area contributed by atoms with Crippen LogP contribution in [0.2, 0.25) is 0 Å². The molecule has 0 aromatic heterocycles. The van der Waals surface area contributed by atoms with Gasteiger partial charge in [0.25, 0.3) is 11.8 Å². The van der Waals surface area contributed by atoms with Gasteiger partial charge < -0.3 is 24.4 Å². The Balaban J connectivity index is 1.49. The van der Waals surface area contributed by atoms with Crippen LogP contribution in [0.1, 0.15) is 20.7 Å². The zero-order chi connectivity index (χ0) is 20.8. The Morgan fingerprint density at radius 2 is 1.48 bits per heavy atom. The average Bonchev–Trinajstić information content (AvgIpc) is 2.77. The summed E-state index contributed by atoms with van der Waals surface area (Å²) in [6.07, 6.45) is 0. The Labute approximate surface area is 168 Å². The lowest BCUT2D eigenvalue weighted by Gasteiger charge is -2.34. The number of aromatic carboxylic acids is 1. The SMILES string of the molecule is COc1cccc(OCC(=O)N2CCN(C(=O)c3ccc(C(=O)O)cc3)CC2)c1. The van der Waals surface area contributed by atoms with E-state index >= 15 is 0 Å². The maximum atomic E-state index is 12.6. The van der Waals surface area contributed by atoms with Crippen LogP contribution in [0.3, 0.4) is 0 Å². The average molecular weight is 398 g/mol. The number of benzene rings is 2. The Morgan fingerprint density at radius 1 is 0.897 bits per heavy atom. The highest BCUT2D eigenvalue weighted by Crippen LogP contribution is 2.19. The summed E-state index contributed by atoms with van der Waals surface area (Å²) in [5, 5.41) is 8.94. The minimum absolute atomic E-state index is 0.0856. The van der Waals surface area contributed by atoms with Crippen LogP contribution in [0.4, 0.5) is 0 Å². The van der Waals surface area contributed by atoms with Crippen molar-refractivity contribution in [3.05, 3.63) is 59.7 Å². The van der Waals surface area contributed by atoms with E-state index in [1.54, 1.807) is 41.2 Å². The Bertz CT molecular complexity index is 888. The standard InChI is InChI=1S/C21H22N2O6/c1-28-17-3-2-4-18(13-17)29-14-19(24)22-9-11-23(12-10-22)20(25)15-5-7-16(8-6-15)21(26)27/h2-8,13H,9-12,14H2,1H3,(H,26,27). The molecule has 0 aliphatic carbocycles. The predicted molar refractivity (Wildman–Crippen MR) is 104 cm³/mol. The van der Waals surface area contributed by atoms with E-state index in [-0.39, 0.29) is 24.0 Å². The normalized spacial score (nSPS) is 13.7. The van der Waals surface area contributed by atoms with Gasteiger partial charge >= 0.3 is 5.97 Å². The first-order chi connectivity index (χ1) is 14.0. The molecule has 3 rings (SSSR count). The molecule has 8 nitrogen and oxygen atoms in total. The zero-order valence-electron chi connectivity index (χ0n) is 16.0. The van der Waals surface area contributed by atoms with Gasteiger partial charge in [-0.25, -0.2) is 4.79 Å². The second-order valence-corrected chi connectivity index (χ2v) is 6.52. The predicted octanol–water partition coefficient (Wildman–Crippen LogP) is 1.76. The number of methoxy groups -OCH3 is 1. The fraction of sp³-hybridized carbons (Fsp3) is 0.286. The van der Waals surface area contributed by atoms with Crippen LogP contribution in [-0.2, 0) is 4.79 Å². The number of carbonyl (C=O) groups excluding carboxylic acids is 2. The van der Waals surface area contributed by atoms with Gasteiger partial charge in [-0.15, -0.1) is 0 Å². The molecule has 1 N–H and O–H groups in total. The summed E-state index contributed by atoms with van der Waals surface area (Å²) in [6, 6.07) is 12.9. The lowest BCUT2D eigenvalue weighted by atomic mass is 10.1. The second kappa shape index (κ2) is 9.09. The van der Waals surface area contributed by atoms with E-state index in [2.05, 4.69) is 0 Å². The van der Waals surface area contributed by atoms with Crippen molar-refractivity contribution < 1.29 is 29.0 Å². The molecule has 0 unspecified atom stereocenters. The van der Waals surface area contributed by atoms with Gasteiger partial charge in [0, 0.05) is 37.8 Å². The third kappa shape index (κ3) is 5.04. The molecule has 1 saturated heterocycles. The summed E-state index contributed by atoms with van der Waals surface area (Å²) >= 11 is 0. The van der Waals surface area contributed by atoms with Gasteiger partial charge in [-0.2, -0.15) is 0 Å². The molecule has 0 atom stereocenters. The molecule has 152 valence electrons. The first kappa shape index (κ1) is 20.2. The highest BCUT2D eigenvalue weighted by Gasteiger charge is 2.25. The first-order valence-electron chi connectivity index (χ1n) is 9.15. The molecular weight excluding hydrogens is 376 g/mol. The molecule has 8 heteroatoms. The second-order valence-electron chi connectivity index (χ2n) is 6.52. The maximum Gasteiger partial charge on any atom is 0.335 e. The number of ether oxygens (including phenoxy) is 2. The van der Waals surface area contributed by atoms with Crippen molar-refractivity contribution in [2.45, 2.75) is 0 Å². The molecule has 1 aliphatic rings. The van der Waals surface area contributed by atoms with Crippen molar-refractivity contribution in [1.82, 2.24) is 9.80 Å². The van der Waals surface area contributed by atoms with Gasteiger partial charge in [0.1, 0.15) is 11.5 Å². The van der Waals surface area contributed by atoms with Crippen molar-refractivity contribution in [2.24, 2.45) is 0 Å². The number of carboxylic acid groups (broad SMARTS) is 1. The van der Waals surface area contributed by atoms with E-state index in [1.807, 2.05) is 0 Å². The Hall–Kier alpha value is -3.55. The quantitative estimate of drug-likeness (QED) is 0.797. The Kier molecular flexibility index (Phi) is 6.33. The number of carboxylic acids is 1. The molecular formula is C21H22N2O6. The highest BCUT2D eigenvalue weighted by atomic mass is 16.5. The molecule has 2 amide bonds. The molecule has 2 aromatic rings. The number of rotatable bonds is 6. The van der Waals surface area contributed by atoms with Crippen LogP contribution in [0, 0.1) is 0 Å². The summed E-state index contributed by atoms with van der Waals surface area (Å²) in [7, 11) is 1.56. The van der Waals surface area contributed by atoms with Crippen LogP contribution in [0.5, 0.6) is 11.5 Å². The highest BCUT2D eigenvalue weighted by molar-refractivity contribution is 5.96. The van der Waals surface area contributed by atoms with Gasteiger partial charge in [-0.1, -0.05) is 6.07 Å². The van der Waals surface area contributed by atoms with Crippen LogP contribution in [0.25, 0.3) is 0 Å². The van der Waals surface area contributed by atoms with Gasteiger partial charge in [-0.05, 0) is 36.4 Å². The van der Waals surface area contributed by atoms with Gasteiger partial charge in [0.15, 0.2) is 6.61 Å². The van der Waals surface area contributed by atoms with Gasteiger partial charge in [0.05, 0.1) is 12.7 Å². The largest absolute Gasteiger partial charge is 0.497 e. The number of amides is 2. The summed E-state index contributed by atoms with van der Waals surface area (Å²) in [5.41, 5.74) is 0.559. The zero-order valence-corrected chi connectivity index (χ0v) is 16.0. The fourth-order valence-corrected chi connectivity index (χ4v) is 3.02. The fourth-order valence-electron chi connectivity index (χ4n) is 3.02. The van der Waals surface area contributed by atoms with Crippen molar-refractivity contribution in [1.29, 1.82) is 0 Å². The third-order valence-corrected chi connectivity index (χ3v) is 4.70. The molecule has 1 heterocycles. The number of carbonyl (C=O) groups is 3. The molecule has 1 fully saturated rings. The topological polar surface area (TPSA) is 96.4 Å². The molecule has 2 aromatic carbocycles. The van der Waals surface area contributed by atoms with E-state index in [4.69, 9.17) is 14.6 Å². The summed E-state index contributed by atoms with van der Waals surface area (Å²) in [6.45, 7) is 1.56. The van der Waals surface area contributed by atoms with Crippen molar-refractivity contribution in [3.8, 4) is 11.5 Å². The van der Waals surface area contributed by atoms with Crippen LogP contribution < -0.4 is 9.47 Å². The van der Waals surface area contributed by atoms with E-state index in [1.165, 1.54) is 24.3 Å². The number of hydrogen-bond donors (Lipinski definition) is 1. The summed E-state index contributed by atoms with van der Waals surface area (Å²) < 4.78 is 10.7. The van der Waals surface area contributed by atoms with Crippen LogP contribution in [-0.4, -0.2) is 72.6 Å². The Morgan fingerprint density at radius 3 is 2.10 bits per heavy atom. The minimum Gasteiger partial charge on any atom is -0.497 e. The summed E-state index contributed by atoms with van der Waals surface area (Å²) in [5.74, 6) is -0.158. The van der Waals surface area contributed by atoms with E-state index in [0.717, 1.165) is 0 Å². The summed E-state index contributed by atoms with van der Waals surface area (Å²) in [4.78, 5) is 39.2. The minimum atomic E-state index is -1.03. The third-order valence-electron chi connectivity index (χ3n) is 4.70. The molecule has 29 heavy (non-hydrogen) atoms. The molecule has 1 aliphatic heterocycles. The molecule has 0 spiro atoms. The lowest BCUT2D eigenvalue weighted by Crippen LogP contribution is -2.51. The van der Waals surface area contributed by atoms with Gasteiger partial charge in [0.2, 0.25) is 0 Å². The molecule has 0 radical (unpaired) electrons. The van der Waals surface area contributed by atoms with Crippen molar-refractivity contribution >= 4 is 17.8 Å². The maximum absolute atomic E-state index is 12.6. The lowest BCUT2D eigenvalue weighted by molar-refractivity contribution is -0.134. The van der Waals surface area contributed by atoms with E-state index in [0.29, 0.717) is 43.2 Å². The van der Waals surface area contributed by atoms with E-state index in [9.17, 15) is 14.4 Å². The first-order valence-corrected chi connectivity index (χ1v) is 9.15. The smallest absolute Gasteiger partial charge is 0.335 e. The monoisotopic (exact) mass is 398 g/mol. The van der Waals surface area contributed by atoms with Crippen molar-refractivity contribution in [3.63, 3.8) is 0 Å². The number of piperazine rings is 1. The number of nitrogens with zero attached hydrogens (tertiary/aromatic N) is 2. The van der Waals surface area contributed by atoms with E-state index < -0.39 is 5.97 Å². The molecule has 0 bridgehead atoms. The van der Waals surface area contributed by atoms with Gasteiger partial charge in [-0.3, -0.25) is 9.59 Å². The number of hydrogen-bond acceptors (Lipinski definition) is 5. The van der Waals surface area contributed by atoms with Crippen LogP contribution in [0.15, 0.2) is 48.5 Å².